The number of ether oxygens (including phenoxy) is 1. The third-order valence-corrected chi connectivity index (χ3v) is 7.73. The van der Waals surface area contributed by atoms with Gasteiger partial charge in [0.2, 0.25) is 10.0 Å². The molecule has 0 amide bonds. The molecule has 1 aliphatic heterocycles. The second-order valence-corrected chi connectivity index (χ2v) is 9.86. The van der Waals surface area contributed by atoms with Crippen LogP contribution in [0.25, 0.3) is 0 Å². The van der Waals surface area contributed by atoms with Crippen molar-refractivity contribution in [3.05, 3.63) is 106 Å². The second-order valence-electron chi connectivity index (χ2n) is 7.58. The van der Waals surface area contributed by atoms with Gasteiger partial charge in [0.25, 0.3) is 0 Å². The number of nitrogens with zero attached hydrogens (tertiary/aromatic N) is 2. The van der Waals surface area contributed by atoms with Gasteiger partial charge in [-0.15, -0.1) is 0 Å². The highest BCUT2D eigenvalue weighted by Gasteiger charge is 2.50. The topological polar surface area (TPSA) is 113 Å². The molecule has 3 aromatic rings. The Labute approximate surface area is 202 Å². The summed E-state index contributed by atoms with van der Waals surface area (Å²) in [5, 5.41) is 10.3. The number of methoxy groups -OCH3 is 1. The minimum absolute atomic E-state index is 0.00279. The van der Waals surface area contributed by atoms with Crippen molar-refractivity contribution in [1.29, 1.82) is 5.26 Å². The Hall–Kier alpha value is -3.64. The van der Waals surface area contributed by atoms with E-state index in [1.807, 2.05) is 6.07 Å². The molecule has 0 unspecified atom stereocenters. The fourth-order valence-electron chi connectivity index (χ4n) is 3.97. The summed E-state index contributed by atoms with van der Waals surface area (Å²) in [4.78, 5) is 13.5. The summed E-state index contributed by atoms with van der Waals surface area (Å²) < 4.78 is 34.1. The van der Waals surface area contributed by atoms with Crippen LogP contribution >= 0.6 is 11.6 Å². The lowest BCUT2D eigenvalue weighted by Crippen LogP contribution is -2.45. The van der Waals surface area contributed by atoms with Crippen LogP contribution in [0.2, 0.25) is 5.02 Å². The summed E-state index contributed by atoms with van der Waals surface area (Å²) in [6.45, 7) is 0. The first-order chi connectivity index (χ1) is 16.3. The molecule has 4 rings (SSSR count). The fraction of sp³-hybridized carbons (Fsp3) is 0.120. The minimum atomic E-state index is -4.30. The maximum atomic E-state index is 13.9. The first-order valence-electron chi connectivity index (χ1n) is 10.2. The van der Waals surface area contributed by atoms with E-state index in [2.05, 4.69) is 0 Å². The van der Waals surface area contributed by atoms with Gasteiger partial charge in [-0.05, 0) is 42.0 Å². The van der Waals surface area contributed by atoms with Crippen molar-refractivity contribution in [2.24, 2.45) is 5.73 Å². The largest absolute Gasteiger partial charge is 0.497 e. The maximum Gasteiger partial charge on any atom is 0.245 e. The zero-order valence-electron chi connectivity index (χ0n) is 18.1. The molecule has 1 aliphatic rings. The van der Waals surface area contributed by atoms with Crippen LogP contribution in [0.3, 0.4) is 0 Å². The van der Waals surface area contributed by atoms with Gasteiger partial charge in [0.15, 0.2) is 5.78 Å². The van der Waals surface area contributed by atoms with Gasteiger partial charge in [0.05, 0.1) is 35.4 Å². The molecule has 7 nitrogen and oxygen atoms in total. The van der Waals surface area contributed by atoms with Crippen LogP contribution in [0, 0.1) is 11.3 Å². The molecular weight excluding hydrogens is 474 g/mol. The van der Waals surface area contributed by atoms with Crippen molar-refractivity contribution in [3.63, 3.8) is 0 Å². The third kappa shape index (κ3) is 4.05. The Morgan fingerprint density at radius 3 is 2.21 bits per heavy atom. The van der Waals surface area contributed by atoms with Crippen molar-refractivity contribution in [3.8, 4) is 11.8 Å². The molecule has 2 atom stereocenters. The van der Waals surface area contributed by atoms with Crippen LogP contribution < -0.4 is 10.5 Å². The van der Waals surface area contributed by atoms with E-state index in [0.29, 0.717) is 16.3 Å². The molecule has 172 valence electrons. The van der Waals surface area contributed by atoms with E-state index in [4.69, 9.17) is 22.1 Å². The number of rotatable bonds is 6. The predicted molar refractivity (Wildman–Crippen MR) is 128 cm³/mol. The SMILES string of the molecule is COc1ccc([C@@H]2C(C#N)=C(N)[C@H](C(=O)c3ccccc3)N2S(=O)(=O)c2ccc(Cl)cc2)cc1. The monoisotopic (exact) mass is 493 g/mol. The predicted octanol–water partition coefficient (Wildman–Crippen LogP) is 4.08. The van der Waals surface area contributed by atoms with Crippen molar-refractivity contribution in [2.75, 3.05) is 7.11 Å². The summed E-state index contributed by atoms with van der Waals surface area (Å²) >= 11 is 5.96. The summed E-state index contributed by atoms with van der Waals surface area (Å²) in [5.74, 6) is 0.0284. The van der Waals surface area contributed by atoms with E-state index in [9.17, 15) is 18.5 Å². The molecule has 0 aromatic heterocycles. The van der Waals surface area contributed by atoms with E-state index >= 15 is 0 Å². The van der Waals surface area contributed by atoms with Gasteiger partial charge in [-0.1, -0.05) is 54.1 Å². The van der Waals surface area contributed by atoms with Crippen LogP contribution in [-0.4, -0.2) is 31.7 Å². The van der Waals surface area contributed by atoms with Crippen molar-refractivity contribution >= 4 is 27.4 Å². The molecule has 0 bridgehead atoms. The highest BCUT2D eigenvalue weighted by atomic mass is 35.5. The number of benzene rings is 3. The second kappa shape index (κ2) is 9.31. The lowest BCUT2D eigenvalue weighted by molar-refractivity contribution is 0.0918. The van der Waals surface area contributed by atoms with Crippen LogP contribution in [0.5, 0.6) is 5.75 Å². The summed E-state index contributed by atoms with van der Waals surface area (Å²) in [5.41, 5.74) is 6.98. The Balaban J connectivity index is 1.93. The Morgan fingerprint density at radius 1 is 1.03 bits per heavy atom. The zero-order valence-corrected chi connectivity index (χ0v) is 19.6. The van der Waals surface area contributed by atoms with Crippen molar-refractivity contribution < 1.29 is 17.9 Å². The Kier molecular flexibility index (Phi) is 6.44. The van der Waals surface area contributed by atoms with E-state index < -0.39 is 27.9 Å². The average Bonchev–Trinajstić information content (AvgIpc) is 3.17. The molecular formula is C25H20ClN3O4S. The number of hydrogen-bond donors (Lipinski definition) is 1. The van der Waals surface area contributed by atoms with Gasteiger partial charge in [0, 0.05) is 10.6 Å². The molecule has 3 aromatic carbocycles. The van der Waals surface area contributed by atoms with Gasteiger partial charge in [0.1, 0.15) is 11.8 Å². The molecule has 0 fully saturated rings. The lowest BCUT2D eigenvalue weighted by Gasteiger charge is -2.30. The summed E-state index contributed by atoms with van der Waals surface area (Å²) in [6, 6.07) is 20.0. The smallest absolute Gasteiger partial charge is 0.245 e. The molecule has 0 spiro atoms. The first kappa shape index (κ1) is 23.5. The van der Waals surface area contributed by atoms with Crippen LogP contribution in [0.15, 0.2) is 95.0 Å². The quantitative estimate of drug-likeness (QED) is 0.517. The maximum absolute atomic E-state index is 13.9. The van der Waals surface area contributed by atoms with Crippen molar-refractivity contribution in [2.45, 2.75) is 17.0 Å². The number of halogens is 1. The number of Topliss-reactive ketones (excluding diaryl/α,β-unsaturated/α-hetero) is 1. The minimum Gasteiger partial charge on any atom is -0.497 e. The fourth-order valence-corrected chi connectivity index (χ4v) is 5.81. The summed E-state index contributed by atoms with van der Waals surface area (Å²) in [6.07, 6.45) is 0. The van der Waals surface area contributed by atoms with Crippen LogP contribution in [-0.2, 0) is 10.0 Å². The molecule has 0 saturated carbocycles. The number of hydrogen-bond acceptors (Lipinski definition) is 6. The van der Waals surface area contributed by atoms with Crippen LogP contribution in [0.4, 0.5) is 0 Å². The third-order valence-electron chi connectivity index (χ3n) is 5.64. The standard InChI is InChI=1S/C25H20ClN3O4S/c1-33-19-11-7-16(8-12-19)23-21(15-27)22(28)24(25(30)17-5-3-2-4-6-17)29(23)34(31,32)20-13-9-18(26)10-14-20/h2-14,23-24H,28H2,1H3/t23-,24-/m1/s1. The van der Waals surface area contributed by atoms with E-state index in [0.717, 1.165) is 4.31 Å². The molecule has 9 heteroatoms. The molecule has 0 saturated heterocycles. The van der Waals surface area contributed by atoms with Crippen LogP contribution in [0.1, 0.15) is 22.0 Å². The molecule has 2 N–H and O–H groups in total. The normalized spacial score (nSPS) is 18.5. The van der Waals surface area contributed by atoms with E-state index in [1.165, 1.54) is 31.4 Å². The van der Waals surface area contributed by atoms with Gasteiger partial charge >= 0.3 is 0 Å². The Bertz CT molecular complexity index is 1400. The highest BCUT2D eigenvalue weighted by Crippen LogP contribution is 2.44. The number of sulfonamides is 1. The Morgan fingerprint density at radius 2 is 1.65 bits per heavy atom. The molecule has 0 aliphatic carbocycles. The number of carbonyl (C=O) groups is 1. The van der Waals surface area contributed by atoms with Crippen molar-refractivity contribution in [1.82, 2.24) is 4.31 Å². The van der Waals surface area contributed by atoms with E-state index in [-0.39, 0.29) is 21.7 Å². The first-order valence-corrected chi connectivity index (χ1v) is 12.0. The molecule has 1 heterocycles. The number of nitrogens with two attached hydrogens (primary N) is 1. The van der Waals surface area contributed by atoms with Gasteiger partial charge in [-0.25, -0.2) is 8.42 Å². The number of carbonyl (C=O) groups excluding carboxylic acids is 1. The highest BCUT2D eigenvalue weighted by molar-refractivity contribution is 7.89. The van der Waals surface area contributed by atoms with Gasteiger partial charge in [-0.2, -0.15) is 9.57 Å². The molecule has 0 radical (unpaired) electrons. The lowest BCUT2D eigenvalue weighted by atomic mass is 10.00. The average molecular weight is 494 g/mol. The zero-order chi connectivity index (χ0) is 24.5. The summed E-state index contributed by atoms with van der Waals surface area (Å²) in [7, 11) is -2.79. The number of ketones is 1. The van der Waals surface area contributed by atoms with Gasteiger partial charge in [-0.3, -0.25) is 4.79 Å². The van der Waals surface area contributed by atoms with Gasteiger partial charge < -0.3 is 10.5 Å². The van der Waals surface area contributed by atoms with E-state index in [1.54, 1.807) is 54.6 Å². The molecule has 34 heavy (non-hydrogen) atoms. The number of nitriles is 1.